The fraction of sp³-hybridized carbons (Fsp3) is 0.882. The number of hydrogen-bond donors (Lipinski definition) is 0. The van der Waals surface area contributed by atoms with Gasteiger partial charge in [0.05, 0.1) is 0 Å². The molecule has 0 saturated carbocycles. The summed E-state index contributed by atoms with van der Waals surface area (Å²) in [5.41, 5.74) is 0. The predicted molar refractivity (Wildman–Crippen MR) is 97.7 cm³/mol. The van der Waals surface area contributed by atoms with E-state index in [-0.39, 0.29) is 0 Å². The molecular formula is C17H38SiSn. The SMILES string of the molecule is C=C(C(CC)[CH2][SnH]([CH2]CCC)[CH2]CCC)[Si](C)(C)C. The van der Waals surface area contributed by atoms with Gasteiger partial charge in [-0.2, -0.15) is 0 Å². The number of unbranched alkanes of at least 4 members (excludes halogenated alkanes) is 2. The van der Waals surface area contributed by atoms with Gasteiger partial charge in [-0.3, -0.25) is 0 Å². The normalized spacial score (nSPS) is 13.8. The molecule has 0 aliphatic rings. The molecule has 0 radical (unpaired) electrons. The van der Waals surface area contributed by atoms with E-state index in [4.69, 9.17) is 0 Å². The van der Waals surface area contributed by atoms with Gasteiger partial charge in [-0.1, -0.05) is 0 Å². The molecule has 0 aromatic heterocycles. The molecule has 0 heterocycles. The van der Waals surface area contributed by atoms with E-state index in [1.165, 1.54) is 32.1 Å². The van der Waals surface area contributed by atoms with Crippen molar-refractivity contribution in [3.63, 3.8) is 0 Å². The van der Waals surface area contributed by atoms with Crippen LogP contribution in [0.1, 0.15) is 52.9 Å². The average Bonchev–Trinajstić information content (AvgIpc) is 2.36. The van der Waals surface area contributed by atoms with Crippen molar-refractivity contribution in [2.75, 3.05) is 0 Å². The summed E-state index contributed by atoms with van der Waals surface area (Å²) in [7, 11) is -1.13. The molecule has 0 bridgehead atoms. The first-order chi connectivity index (χ1) is 8.86. The molecule has 0 fully saturated rings. The van der Waals surface area contributed by atoms with E-state index in [9.17, 15) is 0 Å². The Kier molecular flexibility index (Phi) is 10.9. The van der Waals surface area contributed by atoms with Crippen LogP contribution >= 0.6 is 0 Å². The molecule has 19 heavy (non-hydrogen) atoms. The van der Waals surface area contributed by atoms with E-state index in [0.29, 0.717) is 0 Å². The Hall–Kier alpha value is 0.756. The van der Waals surface area contributed by atoms with Gasteiger partial charge in [0.15, 0.2) is 0 Å². The van der Waals surface area contributed by atoms with Crippen LogP contribution in [0.4, 0.5) is 0 Å². The molecule has 0 saturated heterocycles. The van der Waals surface area contributed by atoms with Crippen molar-refractivity contribution in [1.82, 2.24) is 0 Å². The summed E-state index contributed by atoms with van der Waals surface area (Å²) >= 11 is -1.26. The molecule has 1 atom stereocenters. The molecule has 0 aliphatic heterocycles. The molecule has 0 aromatic rings. The van der Waals surface area contributed by atoms with Gasteiger partial charge in [0.2, 0.25) is 0 Å². The first-order valence-corrected chi connectivity index (χ1v) is 19.0. The standard InChI is InChI=1S/C9H19Si.2C4H9.Sn.H/c1-7-8(2)9(3)10(4,5)6;2*1-3-4-2;;/h8H,2-3,7H2,1,4-6H3;2*1,3-4H2,2H3;;. The Morgan fingerprint density at radius 1 is 1.00 bits per heavy atom. The molecule has 0 aromatic carbocycles. The topological polar surface area (TPSA) is 0 Å². The Labute approximate surface area is 131 Å². The van der Waals surface area contributed by atoms with Crippen molar-refractivity contribution in [3.8, 4) is 0 Å². The van der Waals surface area contributed by atoms with E-state index in [2.05, 4.69) is 47.0 Å². The summed E-state index contributed by atoms with van der Waals surface area (Å²) in [4.78, 5) is 0. The molecule has 0 rings (SSSR count). The Morgan fingerprint density at radius 2 is 1.47 bits per heavy atom. The van der Waals surface area contributed by atoms with Crippen LogP contribution in [0.25, 0.3) is 0 Å². The minimum absolute atomic E-state index is 0.876. The molecule has 114 valence electrons. The number of hydrogen-bond acceptors (Lipinski definition) is 0. The third-order valence-electron chi connectivity index (χ3n) is 4.50. The van der Waals surface area contributed by atoms with Crippen LogP contribution in [0.5, 0.6) is 0 Å². The second-order valence-corrected chi connectivity index (χ2v) is 22.0. The zero-order chi connectivity index (χ0) is 14.9. The zero-order valence-corrected chi connectivity index (χ0v) is 18.8. The first-order valence-electron chi connectivity index (χ1n) is 8.55. The fourth-order valence-corrected chi connectivity index (χ4v) is 17.0. The van der Waals surface area contributed by atoms with Crippen molar-refractivity contribution < 1.29 is 0 Å². The second kappa shape index (κ2) is 10.5. The van der Waals surface area contributed by atoms with Gasteiger partial charge in [0, 0.05) is 0 Å². The van der Waals surface area contributed by atoms with Gasteiger partial charge in [-0.25, -0.2) is 0 Å². The van der Waals surface area contributed by atoms with Gasteiger partial charge in [-0.05, 0) is 0 Å². The Balaban J connectivity index is 4.53. The number of allylic oxidation sites excluding steroid dienone is 1. The monoisotopic (exact) mass is 390 g/mol. The Bertz CT molecular complexity index is 234. The van der Waals surface area contributed by atoms with Crippen LogP contribution < -0.4 is 0 Å². The van der Waals surface area contributed by atoms with Gasteiger partial charge in [0.25, 0.3) is 0 Å². The van der Waals surface area contributed by atoms with Crippen LogP contribution in [0.15, 0.2) is 11.8 Å². The maximum absolute atomic E-state index is 4.51. The maximum atomic E-state index is 4.51. The molecule has 0 aliphatic carbocycles. The third-order valence-corrected chi connectivity index (χ3v) is 17.4. The van der Waals surface area contributed by atoms with E-state index in [1.54, 1.807) is 18.5 Å². The molecule has 0 spiro atoms. The van der Waals surface area contributed by atoms with Crippen molar-refractivity contribution in [2.24, 2.45) is 5.92 Å². The summed E-state index contributed by atoms with van der Waals surface area (Å²) in [5.74, 6) is 0.876. The van der Waals surface area contributed by atoms with E-state index >= 15 is 0 Å². The van der Waals surface area contributed by atoms with Crippen LogP contribution in [-0.4, -0.2) is 27.8 Å². The molecular weight excluding hydrogens is 351 g/mol. The summed E-state index contributed by atoms with van der Waals surface area (Å²) in [5, 5.41) is 1.66. The molecule has 0 amide bonds. The Morgan fingerprint density at radius 3 is 1.79 bits per heavy atom. The molecule has 0 nitrogen and oxygen atoms in total. The summed E-state index contributed by atoms with van der Waals surface area (Å²) in [6.45, 7) is 19.0. The first kappa shape index (κ1) is 19.8. The fourth-order valence-electron chi connectivity index (χ4n) is 2.94. The van der Waals surface area contributed by atoms with Crippen LogP contribution in [0.3, 0.4) is 0 Å². The number of rotatable bonds is 11. The average molecular weight is 389 g/mol. The molecule has 1 unspecified atom stereocenters. The van der Waals surface area contributed by atoms with Gasteiger partial charge < -0.3 is 0 Å². The zero-order valence-electron chi connectivity index (χ0n) is 14.5. The van der Waals surface area contributed by atoms with Crippen molar-refractivity contribution >= 4 is 27.8 Å². The second-order valence-electron chi connectivity index (χ2n) is 7.27. The van der Waals surface area contributed by atoms with Gasteiger partial charge in [-0.15, -0.1) is 0 Å². The van der Waals surface area contributed by atoms with E-state index in [0.717, 1.165) is 5.92 Å². The summed E-state index contributed by atoms with van der Waals surface area (Å²) < 4.78 is 4.91. The molecule has 0 N–H and O–H groups in total. The van der Waals surface area contributed by atoms with Crippen LogP contribution in [-0.2, 0) is 0 Å². The van der Waals surface area contributed by atoms with E-state index < -0.39 is 27.8 Å². The predicted octanol–water partition coefficient (Wildman–Crippen LogP) is 6.27. The van der Waals surface area contributed by atoms with Crippen molar-refractivity contribution in [1.29, 1.82) is 0 Å². The third kappa shape index (κ3) is 8.59. The van der Waals surface area contributed by atoms with Gasteiger partial charge in [0.1, 0.15) is 0 Å². The van der Waals surface area contributed by atoms with Gasteiger partial charge >= 0.3 is 131 Å². The quantitative estimate of drug-likeness (QED) is 0.365. The molecule has 2 heteroatoms. The van der Waals surface area contributed by atoms with Crippen LogP contribution in [0.2, 0.25) is 33.0 Å². The van der Waals surface area contributed by atoms with E-state index in [1.807, 2.05) is 0 Å². The minimum atomic E-state index is -1.26. The summed E-state index contributed by atoms with van der Waals surface area (Å²) in [6.07, 6.45) is 7.13. The summed E-state index contributed by atoms with van der Waals surface area (Å²) in [6, 6.07) is 0. The van der Waals surface area contributed by atoms with Crippen molar-refractivity contribution in [2.45, 2.75) is 85.8 Å². The van der Waals surface area contributed by atoms with Crippen molar-refractivity contribution in [3.05, 3.63) is 11.8 Å². The van der Waals surface area contributed by atoms with Crippen LogP contribution in [0, 0.1) is 5.92 Å².